The van der Waals surface area contributed by atoms with Crippen LogP contribution in [-0.4, -0.2) is 4.57 Å². The van der Waals surface area contributed by atoms with Crippen molar-refractivity contribution in [3.8, 4) is 0 Å². The Labute approximate surface area is 88.5 Å². The van der Waals surface area contributed by atoms with Gasteiger partial charge in [0, 0.05) is 24.8 Å². The minimum absolute atomic E-state index is 0.0365. The van der Waals surface area contributed by atoms with Crippen molar-refractivity contribution >= 4 is 11.6 Å². The first-order valence-corrected chi connectivity index (χ1v) is 5.01. The summed E-state index contributed by atoms with van der Waals surface area (Å²) in [5.41, 5.74) is 5.98. The highest BCUT2D eigenvalue weighted by Gasteiger charge is 2.05. The fraction of sp³-hybridized carbons (Fsp3) is 0.500. The number of nitrogens with two attached hydrogens (primary N) is 1. The normalized spacial score (nSPS) is 10.9. The molecule has 0 aliphatic carbocycles. The van der Waals surface area contributed by atoms with Crippen molar-refractivity contribution in [3.05, 3.63) is 33.2 Å². The van der Waals surface area contributed by atoms with E-state index in [4.69, 9.17) is 17.3 Å². The van der Waals surface area contributed by atoms with Crippen molar-refractivity contribution in [2.75, 3.05) is 0 Å². The van der Waals surface area contributed by atoms with Gasteiger partial charge in [-0.15, -0.1) is 0 Å². The van der Waals surface area contributed by atoms with Gasteiger partial charge in [0.05, 0.1) is 5.02 Å². The van der Waals surface area contributed by atoms with Crippen molar-refractivity contribution in [1.29, 1.82) is 0 Å². The zero-order valence-corrected chi connectivity index (χ0v) is 9.21. The van der Waals surface area contributed by atoms with Gasteiger partial charge in [0.2, 0.25) is 0 Å². The Morgan fingerprint density at radius 2 is 2.21 bits per heavy atom. The summed E-state index contributed by atoms with van der Waals surface area (Å²) in [5.74, 6) is 0.414. The predicted molar refractivity (Wildman–Crippen MR) is 58.4 cm³/mol. The second-order valence-electron chi connectivity index (χ2n) is 3.74. The minimum Gasteiger partial charge on any atom is -0.326 e. The van der Waals surface area contributed by atoms with Crippen molar-refractivity contribution in [2.24, 2.45) is 11.7 Å². The SMILES string of the molecule is CC(C)Cn1cc(Cl)cc(CN)c1=O. The van der Waals surface area contributed by atoms with E-state index in [1.54, 1.807) is 16.8 Å². The zero-order valence-electron chi connectivity index (χ0n) is 8.46. The van der Waals surface area contributed by atoms with Gasteiger partial charge in [0.1, 0.15) is 0 Å². The van der Waals surface area contributed by atoms with Gasteiger partial charge in [-0.2, -0.15) is 0 Å². The molecule has 1 aromatic heterocycles. The first-order chi connectivity index (χ1) is 6.54. The molecule has 0 radical (unpaired) electrons. The molecule has 0 saturated carbocycles. The van der Waals surface area contributed by atoms with Gasteiger partial charge >= 0.3 is 0 Å². The van der Waals surface area contributed by atoms with Crippen LogP contribution in [0, 0.1) is 5.92 Å². The van der Waals surface area contributed by atoms with Crippen LogP contribution in [-0.2, 0) is 13.1 Å². The number of hydrogen-bond acceptors (Lipinski definition) is 2. The van der Waals surface area contributed by atoms with Crippen LogP contribution < -0.4 is 11.3 Å². The van der Waals surface area contributed by atoms with E-state index in [9.17, 15) is 4.79 Å². The van der Waals surface area contributed by atoms with Crippen LogP contribution >= 0.6 is 11.6 Å². The van der Waals surface area contributed by atoms with Crippen LogP contribution in [0.25, 0.3) is 0 Å². The van der Waals surface area contributed by atoms with Gasteiger partial charge in [0.15, 0.2) is 0 Å². The van der Waals surface area contributed by atoms with Gasteiger partial charge < -0.3 is 10.3 Å². The summed E-state index contributed by atoms with van der Waals surface area (Å²) in [5, 5.41) is 0.561. The number of halogens is 1. The Balaban J connectivity index is 3.16. The van der Waals surface area contributed by atoms with Gasteiger partial charge in [-0.3, -0.25) is 4.79 Å². The zero-order chi connectivity index (χ0) is 10.7. The monoisotopic (exact) mass is 214 g/mol. The fourth-order valence-electron chi connectivity index (χ4n) is 1.33. The average molecular weight is 215 g/mol. The molecule has 14 heavy (non-hydrogen) atoms. The lowest BCUT2D eigenvalue weighted by Crippen LogP contribution is -2.26. The smallest absolute Gasteiger partial charge is 0.255 e. The van der Waals surface area contributed by atoms with Crippen molar-refractivity contribution in [2.45, 2.75) is 26.9 Å². The van der Waals surface area contributed by atoms with Crippen LogP contribution in [0.4, 0.5) is 0 Å². The molecule has 0 atom stereocenters. The van der Waals surface area contributed by atoms with E-state index in [0.717, 1.165) is 0 Å². The Hall–Kier alpha value is -0.800. The van der Waals surface area contributed by atoms with E-state index in [1.807, 2.05) is 0 Å². The van der Waals surface area contributed by atoms with Crippen LogP contribution in [0.15, 0.2) is 17.1 Å². The number of nitrogens with zero attached hydrogens (tertiary/aromatic N) is 1. The van der Waals surface area contributed by atoms with Crippen molar-refractivity contribution in [3.63, 3.8) is 0 Å². The third kappa shape index (κ3) is 2.59. The summed E-state index contributed by atoms with van der Waals surface area (Å²) >= 11 is 5.87. The highest BCUT2D eigenvalue weighted by Crippen LogP contribution is 2.08. The van der Waals surface area contributed by atoms with E-state index in [-0.39, 0.29) is 12.1 Å². The quantitative estimate of drug-likeness (QED) is 0.831. The first kappa shape index (κ1) is 11.3. The molecule has 0 spiro atoms. The molecule has 0 aliphatic heterocycles. The highest BCUT2D eigenvalue weighted by atomic mass is 35.5. The molecule has 0 saturated heterocycles. The molecular weight excluding hydrogens is 200 g/mol. The Bertz CT molecular complexity index is 371. The molecule has 1 rings (SSSR count). The first-order valence-electron chi connectivity index (χ1n) is 4.63. The number of rotatable bonds is 3. The Kier molecular flexibility index (Phi) is 3.72. The fourth-order valence-corrected chi connectivity index (χ4v) is 1.58. The van der Waals surface area contributed by atoms with Gasteiger partial charge in [-0.05, 0) is 12.0 Å². The van der Waals surface area contributed by atoms with E-state index in [2.05, 4.69) is 13.8 Å². The van der Waals surface area contributed by atoms with Crippen molar-refractivity contribution in [1.82, 2.24) is 4.57 Å². The van der Waals surface area contributed by atoms with Crippen LogP contribution in [0.2, 0.25) is 5.02 Å². The molecule has 1 aromatic rings. The summed E-state index contributed by atoms with van der Waals surface area (Å²) in [6.07, 6.45) is 1.66. The topological polar surface area (TPSA) is 48.0 Å². The van der Waals surface area contributed by atoms with Crippen molar-refractivity contribution < 1.29 is 0 Å². The van der Waals surface area contributed by atoms with E-state index in [0.29, 0.717) is 23.0 Å². The third-order valence-electron chi connectivity index (χ3n) is 1.91. The lowest BCUT2D eigenvalue weighted by atomic mass is 10.2. The van der Waals surface area contributed by atoms with E-state index >= 15 is 0 Å². The predicted octanol–water partition coefficient (Wildman–Crippen LogP) is 1.62. The maximum Gasteiger partial charge on any atom is 0.255 e. The van der Waals surface area contributed by atoms with Gasteiger partial charge in [-0.1, -0.05) is 25.4 Å². The largest absolute Gasteiger partial charge is 0.326 e. The summed E-state index contributed by atoms with van der Waals surface area (Å²) in [6, 6.07) is 1.63. The number of hydrogen-bond donors (Lipinski definition) is 1. The van der Waals surface area contributed by atoms with Gasteiger partial charge in [0.25, 0.3) is 5.56 Å². The molecule has 0 bridgehead atoms. The summed E-state index contributed by atoms with van der Waals surface area (Å²) in [6.45, 7) is 5.01. The molecule has 1 heterocycles. The second-order valence-corrected chi connectivity index (χ2v) is 4.18. The molecule has 0 aliphatic rings. The lowest BCUT2D eigenvalue weighted by molar-refractivity contribution is 0.508. The summed E-state index contributed by atoms with van der Waals surface area (Å²) in [4.78, 5) is 11.7. The molecule has 3 nitrogen and oxygen atoms in total. The highest BCUT2D eigenvalue weighted by molar-refractivity contribution is 6.30. The van der Waals surface area contributed by atoms with E-state index in [1.165, 1.54) is 0 Å². The number of aromatic nitrogens is 1. The average Bonchev–Trinajstić information content (AvgIpc) is 2.09. The van der Waals surface area contributed by atoms with E-state index < -0.39 is 0 Å². The standard InChI is InChI=1S/C10H15ClN2O/c1-7(2)5-13-6-9(11)3-8(4-12)10(13)14/h3,6-7H,4-5,12H2,1-2H3. The Morgan fingerprint density at radius 1 is 1.57 bits per heavy atom. The maximum atomic E-state index is 11.7. The molecule has 0 unspecified atom stereocenters. The van der Waals surface area contributed by atoms with Gasteiger partial charge in [-0.25, -0.2) is 0 Å². The molecule has 2 N–H and O–H groups in total. The van der Waals surface area contributed by atoms with Crippen LogP contribution in [0.1, 0.15) is 19.4 Å². The Morgan fingerprint density at radius 3 is 2.71 bits per heavy atom. The lowest BCUT2D eigenvalue weighted by Gasteiger charge is -2.10. The number of pyridine rings is 1. The van der Waals surface area contributed by atoms with Crippen LogP contribution in [0.5, 0.6) is 0 Å². The molecule has 78 valence electrons. The summed E-state index contributed by atoms with van der Waals surface area (Å²) in [7, 11) is 0. The van der Waals surface area contributed by atoms with Crippen LogP contribution in [0.3, 0.4) is 0 Å². The molecule has 0 fully saturated rings. The molecular formula is C10H15ClN2O. The third-order valence-corrected chi connectivity index (χ3v) is 2.12. The minimum atomic E-state index is -0.0365. The maximum absolute atomic E-state index is 11.7. The molecule has 4 heteroatoms. The molecule has 0 amide bonds. The second kappa shape index (κ2) is 4.62. The molecule has 0 aromatic carbocycles. The summed E-state index contributed by atoms with van der Waals surface area (Å²) < 4.78 is 1.62.